The molecule has 0 unspecified atom stereocenters. The van der Waals surface area contributed by atoms with E-state index in [4.69, 9.17) is 0 Å². The van der Waals surface area contributed by atoms with Crippen LogP contribution in [0.15, 0.2) is 47.2 Å². The number of hydrogen-bond acceptors (Lipinski definition) is 2. The van der Waals surface area contributed by atoms with Gasteiger partial charge in [0.05, 0.1) is 0 Å². The van der Waals surface area contributed by atoms with Crippen molar-refractivity contribution in [3.8, 4) is 0 Å². The van der Waals surface area contributed by atoms with Crippen molar-refractivity contribution in [1.29, 1.82) is 0 Å². The van der Waals surface area contributed by atoms with Crippen LogP contribution in [0.2, 0.25) is 0 Å². The Labute approximate surface area is 124 Å². The highest BCUT2D eigenvalue weighted by Crippen LogP contribution is 2.20. The molecule has 1 aromatic carbocycles. The third-order valence-corrected chi connectivity index (χ3v) is 3.96. The third kappa shape index (κ3) is 2.32. The van der Waals surface area contributed by atoms with Gasteiger partial charge in [-0.3, -0.25) is 4.79 Å². The van der Waals surface area contributed by atoms with Gasteiger partial charge in [-0.15, -0.1) is 0 Å². The fraction of sp³-hybridized carbons (Fsp3) is 0.0667. The first kappa shape index (κ1) is 12.9. The maximum Gasteiger partial charge on any atom is 0.257 e. The molecule has 2 N–H and O–H groups in total. The van der Waals surface area contributed by atoms with Gasteiger partial charge in [-0.05, 0) is 52.7 Å². The molecule has 3 aromatic rings. The van der Waals surface area contributed by atoms with E-state index in [-0.39, 0.29) is 5.91 Å². The van der Waals surface area contributed by atoms with E-state index in [0.29, 0.717) is 11.4 Å². The van der Waals surface area contributed by atoms with Gasteiger partial charge in [0.1, 0.15) is 5.82 Å². The van der Waals surface area contributed by atoms with Gasteiger partial charge >= 0.3 is 0 Å². The zero-order valence-electron chi connectivity index (χ0n) is 10.8. The molecule has 2 aromatic heterocycles. The number of aromatic nitrogens is 2. The normalized spacial score (nSPS) is 10.7. The SMILES string of the molecule is Cc1cc(NC(=O)c2cccc3[nH]ccc23)ncc1Br. The van der Waals surface area contributed by atoms with Crippen LogP contribution in [-0.4, -0.2) is 15.9 Å². The number of rotatable bonds is 2. The molecule has 0 spiro atoms. The standard InChI is InChI=1S/C15H12BrN3O/c1-9-7-14(18-8-12(9)16)19-15(20)11-3-2-4-13-10(11)5-6-17-13/h2-8,17H,1H3,(H,18,19,20). The zero-order chi connectivity index (χ0) is 14.1. The lowest BCUT2D eigenvalue weighted by atomic mass is 10.1. The molecule has 3 rings (SSSR count). The number of carbonyl (C=O) groups excluding carboxylic acids is 1. The largest absolute Gasteiger partial charge is 0.361 e. The summed E-state index contributed by atoms with van der Waals surface area (Å²) < 4.78 is 0.920. The Morgan fingerprint density at radius 2 is 2.20 bits per heavy atom. The first-order valence-corrected chi connectivity index (χ1v) is 6.94. The summed E-state index contributed by atoms with van der Waals surface area (Å²) in [7, 11) is 0. The first-order valence-electron chi connectivity index (χ1n) is 6.15. The monoisotopic (exact) mass is 329 g/mol. The Kier molecular flexibility index (Phi) is 3.28. The quantitative estimate of drug-likeness (QED) is 0.749. The molecule has 0 aliphatic heterocycles. The lowest BCUT2D eigenvalue weighted by Crippen LogP contribution is -2.13. The van der Waals surface area contributed by atoms with Crippen molar-refractivity contribution in [2.24, 2.45) is 0 Å². The van der Waals surface area contributed by atoms with Crippen LogP contribution in [-0.2, 0) is 0 Å². The number of nitrogens with one attached hydrogen (secondary N) is 2. The van der Waals surface area contributed by atoms with Crippen LogP contribution in [0.1, 0.15) is 15.9 Å². The molecule has 0 saturated carbocycles. The number of benzene rings is 1. The number of aromatic amines is 1. The summed E-state index contributed by atoms with van der Waals surface area (Å²) >= 11 is 3.39. The van der Waals surface area contributed by atoms with Gasteiger partial charge in [0, 0.05) is 33.3 Å². The molecule has 1 amide bonds. The summed E-state index contributed by atoms with van der Waals surface area (Å²) in [6, 6.07) is 9.32. The minimum Gasteiger partial charge on any atom is -0.361 e. The van der Waals surface area contributed by atoms with Gasteiger partial charge in [0.25, 0.3) is 5.91 Å². The van der Waals surface area contributed by atoms with E-state index in [1.54, 1.807) is 12.3 Å². The van der Waals surface area contributed by atoms with Gasteiger partial charge in [0.15, 0.2) is 0 Å². The number of nitrogens with zero attached hydrogens (tertiary/aromatic N) is 1. The summed E-state index contributed by atoms with van der Waals surface area (Å²) in [4.78, 5) is 19.6. The highest BCUT2D eigenvalue weighted by molar-refractivity contribution is 9.10. The molecule has 0 bridgehead atoms. The number of pyridine rings is 1. The molecule has 0 radical (unpaired) electrons. The van der Waals surface area contributed by atoms with Crippen LogP contribution in [0.5, 0.6) is 0 Å². The highest BCUT2D eigenvalue weighted by atomic mass is 79.9. The Balaban J connectivity index is 1.93. The summed E-state index contributed by atoms with van der Waals surface area (Å²) in [6.07, 6.45) is 3.51. The summed E-state index contributed by atoms with van der Waals surface area (Å²) in [5.74, 6) is 0.382. The number of aryl methyl sites for hydroxylation is 1. The lowest BCUT2D eigenvalue weighted by Gasteiger charge is -2.07. The van der Waals surface area contributed by atoms with E-state index in [1.807, 2.05) is 37.4 Å². The van der Waals surface area contributed by atoms with Crippen LogP contribution in [0.25, 0.3) is 10.9 Å². The van der Waals surface area contributed by atoms with E-state index >= 15 is 0 Å². The number of halogens is 1. The van der Waals surface area contributed by atoms with Crippen LogP contribution in [0, 0.1) is 6.92 Å². The first-order chi connectivity index (χ1) is 9.65. The minimum absolute atomic E-state index is 0.163. The molecule has 0 aliphatic rings. The minimum atomic E-state index is -0.163. The van der Waals surface area contributed by atoms with E-state index in [9.17, 15) is 4.79 Å². The van der Waals surface area contributed by atoms with Gasteiger partial charge in [-0.1, -0.05) is 6.07 Å². The Hall–Kier alpha value is -2.14. The molecule has 0 saturated heterocycles. The number of carbonyl (C=O) groups is 1. The predicted molar refractivity (Wildman–Crippen MR) is 82.9 cm³/mol. The molecule has 0 aliphatic carbocycles. The van der Waals surface area contributed by atoms with Crippen molar-refractivity contribution in [3.63, 3.8) is 0 Å². The van der Waals surface area contributed by atoms with Crippen molar-refractivity contribution in [1.82, 2.24) is 9.97 Å². The number of anilines is 1. The zero-order valence-corrected chi connectivity index (χ0v) is 12.4. The third-order valence-electron chi connectivity index (χ3n) is 3.13. The van der Waals surface area contributed by atoms with Crippen molar-refractivity contribution in [2.45, 2.75) is 6.92 Å². The number of H-pyrrole nitrogens is 1. The van der Waals surface area contributed by atoms with Gasteiger partial charge < -0.3 is 10.3 Å². The Morgan fingerprint density at radius 3 is 3.00 bits per heavy atom. The Bertz CT molecular complexity index is 795. The van der Waals surface area contributed by atoms with Crippen LogP contribution >= 0.6 is 15.9 Å². The average Bonchev–Trinajstić information content (AvgIpc) is 2.91. The van der Waals surface area contributed by atoms with Crippen LogP contribution < -0.4 is 5.32 Å². The topological polar surface area (TPSA) is 57.8 Å². The molecule has 0 atom stereocenters. The highest BCUT2D eigenvalue weighted by Gasteiger charge is 2.11. The smallest absolute Gasteiger partial charge is 0.257 e. The molecule has 4 nitrogen and oxygen atoms in total. The van der Waals surface area contributed by atoms with Gasteiger partial charge in [-0.25, -0.2) is 4.98 Å². The molecule has 5 heteroatoms. The van der Waals surface area contributed by atoms with E-state index in [0.717, 1.165) is 20.9 Å². The summed E-state index contributed by atoms with van der Waals surface area (Å²) in [5.41, 5.74) is 2.60. The molecule has 20 heavy (non-hydrogen) atoms. The lowest BCUT2D eigenvalue weighted by molar-refractivity contribution is 0.102. The van der Waals surface area contributed by atoms with E-state index < -0.39 is 0 Å². The second-order valence-corrected chi connectivity index (χ2v) is 5.37. The molecule has 2 heterocycles. The van der Waals surface area contributed by atoms with Gasteiger partial charge in [-0.2, -0.15) is 0 Å². The van der Waals surface area contributed by atoms with Crippen LogP contribution in [0.4, 0.5) is 5.82 Å². The maximum absolute atomic E-state index is 12.3. The number of amides is 1. The average molecular weight is 330 g/mol. The molecular formula is C15H12BrN3O. The fourth-order valence-corrected chi connectivity index (χ4v) is 2.29. The maximum atomic E-state index is 12.3. The van der Waals surface area contributed by atoms with Crippen molar-refractivity contribution in [2.75, 3.05) is 5.32 Å². The van der Waals surface area contributed by atoms with Crippen molar-refractivity contribution < 1.29 is 4.79 Å². The summed E-state index contributed by atoms with van der Waals surface area (Å²) in [6.45, 7) is 1.95. The molecule has 100 valence electrons. The van der Waals surface area contributed by atoms with Crippen molar-refractivity contribution >= 4 is 38.6 Å². The molecule has 0 fully saturated rings. The fourth-order valence-electron chi connectivity index (χ4n) is 2.07. The van der Waals surface area contributed by atoms with E-state index in [1.165, 1.54) is 0 Å². The predicted octanol–water partition coefficient (Wildman–Crippen LogP) is 3.89. The molecular weight excluding hydrogens is 318 g/mol. The van der Waals surface area contributed by atoms with E-state index in [2.05, 4.69) is 31.2 Å². The second-order valence-electron chi connectivity index (χ2n) is 4.52. The van der Waals surface area contributed by atoms with Crippen molar-refractivity contribution in [3.05, 3.63) is 58.3 Å². The second kappa shape index (κ2) is 5.09. The van der Waals surface area contributed by atoms with Gasteiger partial charge in [0.2, 0.25) is 0 Å². The summed E-state index contributed by atoms with van der Waals surface area (Å²) in [5, 5.41) is 3.73. The Morgan fingerprint density at radius 1 is 1.35 bits per heavy atom. The number of fused-ring (bicyclic) bond motifs is 1. The number of hydrogen-bond donors (Lipinski definition) is 2. The van der Waals surface area contributed by atoms with Crippen LogP contribution in [0.3, 0.4) is 0 Å².